The fraction of sp³-hybridized carbons (Fsp3) is 0.0500. The highest BCUT2D eigenvalue weighted by Gasteiger charge is 2.13. The fourth-order valence-electron chi connectivity index (χ4n) is 2.29. The Hall–Kier alpha value is -3.38. The number of hydrogen-bond donors (Lipinski definition) is 2. The van der Waals surface area contributed by atoms with Gasteiger partial charge in [0.15, 0.2) is 11.6 Å². The Morgan fingerprint density at radius 2 is 1.65 bits per heavy atom. The SMILES string of the molecule is O=C(Nc1ccccc1)N(O)Cc1ccc(F)c(Oc2ccccc2)c1. The van der Waals surface area contributed by atoms with E-state index in [4.69, 9.17) is 4.74 Å². The van der Waals surface area contributed by atoms with Gasteiger partial charge in [0.1, 0.15) is 5.75 Å². The number of hydroxylamine groups is 2. The minimum atomic E-state index is -0.689. The van der Waals surface area contributed by atoms with E-state index in [-0.39, 0.29) is 12.3 Å². The minimum Gasteiger partial charge on any atom is -0.454 e. The van der Waals surface area contributed by atoms with Crippen LogP contribution in [0.15, 0.2) is 78.9 Å². The predicted octanol–water partition coefficient (Wildman–Crippen LogP) is 5.04. The second-order valence-corrected chi connectivity index (χ2v) is 5.53. The Bertz CT molecular complexity index is 873. The first-order chi connectivity index (χ1) is 12.6. The molecule has 132 valence electrons. The number of ether oxygens (including phenoxy) is 1. The Morgan fingerprint density at radius 3 is 2.35 bits per heavy atom. The zero-order valence-electron chi connectivity index (χ0n) is 13.8. The van der Waals surface area contributed by atoms with Gasteiger partial charge in [-0.1, -0.05) is 42.5 Å². The fourth-order valence-corrected chi connectivity index (χ4v) is 2.29. The van der Waals surface area contributed by atoms with Crippen molar-refractivity contribution in [2.24, 2.45) is 0 Å². The first-order valence-electron chi connectivity index (χ1n) is 7.95. The zero-order chi connectivity index (χ0) is 18.4. The molecule has 0 aromatic heterocycles. The van der Waals surface area contributed by atoms with Crippen molar-refractivity contribution in [2.45, 2.75) is 6.54 Å². The van der Waals surface area contributed by atoms with E-state index in [0.29, 0.717) is 22.1 Å². The Balaban J connectivity index is 1.67. The van der Waals surface area contributed by atoms with Crippen molar-refractivity contribution in [3.05, 3.63) is 90.2 Å². The van der Waals surface area contributed by atoms with Gasteiger partial charge in [-0.2, -0.15) is 0 Å². The molecule has 0 heterocycles. The average Bonchev–Trinajstić information content (AvgIpc) is 2.66. The third-order valence-corrected chi connectivity index (χ3v) is 3.56. The highest BCUT2D eigenvalue weighted by molar-refractivity contribution is 5.88. The van der Waals surface area contributed by atoms with E-state index in [1.165, 1.54) is 18.2 Å². The van der Waals surface area contributed by atoms with Crippen LogP contribution < -0.4 is 10.1 Å². The Labute approximate surface area is 150 Å². The first kappa shape index (κ1) is 17.4. The standard InChI is InChI=1S/C20H17FN2O3/c21-18-12-11-15(13-19(18)26-17-9-5-2-6-10-17)14-23(25)20(24)22-16-7-3-1-4-8-16/h1-13,25H,14H2,(H,22,24). The summed E-state index contributed by atoms with van der Waals surface area (Å²) in [6.07, 6.45) is 0. The van der Waals surface area contributed by atoms with Crippen LogP contribution in [0.5, 0.6) is 11.5 Å². The highest BCUT2D eigenvalue weighted by Crippen LogP contribution is 2.25. The number of benzene rings is 3. The summed E-state index contributed by atoms with van der Waals surface area (Å²) in [5.41, 5.74) is 1.08. The first-order valence-corrected chi connectivity index (χ1v) is 7.95. The van der Waals surface area contributed by atoms with Gasteiger partial charge in [0, 0.05) is 5.69 Å². The van der Waals surface area contributed by atoms with Gasteiger partial charge in [0.05, 0.1) is 6.54 Å². The lowest BCUT2D eigenvalue weighted by Gasteiger charge is -2.16. The van der Waals surface area contributed by atoms with Crippen LogP contribution in [0.3, 0.4) is 0 Å². The summed E-state index contributed by atoms with van der Waals surface area (Å²) >= 11 is 0. The largest absolute Gasteiger partial charge is 0.454 e. The van der Waals surface area contributed by atoms with Gasteiger partial charge in [0.25, 0.3) is 0 Å². The Kier molecular flexibility index (Phi) is 5.46. The number of halogens is 1. The maximum absolute atomic E-state index is 14.0. The summed E-state index contributed by atoms with van der Waals surface area (Å²) in [6.45, 7) is -0.121. The van der Waals surface area contributed by atoms with Crippen LogP contribution in [0.25, 0.3) is 0 Å². The van der Waals surface area contributed by atoms with Crippen molar-refractivity contribution >= 4 is 11.7 Å². The molecule has 0 radical (unpaired) electrons. The molecule has 0 saturated heterocycles. The molecule has 0 aliphatic heterocycles. The second kappa shape index (κ2) is 8.13. The molecule has 0 saturated carbocycles. The van der Waals surface area contributed by atoms with E-state index in [9.17, 15) is 14.4 Å². The molecule has 0 fully saturated rings. The number of nitrogens with zero attached hydrogens (tertiary/aromatic N) is 1. The molecule has 0 atom stereocenters. The zero-order valence-corrected chi connectivity index (χ0v) is 13.8. The van der Waals surface area contributed by atoms with Crippen molar-refractivity contribution in [1.29, 1.82) is 0 Å². The van der Waals surface area contributed by atoms with E-state index in [1.807, 2.05) is 12.1 Å². The number of anilines is 1. The summed E-state index contributed by atoms with van der Waals surface area (Å²) in [5, 5.41) is 13.0. The summed E-state index contributed by atoms with van der Waals surface area (Å²) in [5.74, 6) is -0.0207. The summed E-state index contributed by atoms with van der Waals surface area (Å²) in [4.78, 5) is 12.0. The maximum Gasteiger partial charge on any atom is 0.345 e. The second-order valence-electron chi connectivity index (χ2n) is 5.53. The Morgan fingerprint density at radius 1 is 1.00 bits per heavy atom. The summed E-state index contributed by atoms with van der Waals surface area (Å²) in [7, 11) is 0. The van der Waals surface area contributed by atoms with Crippen LogP contribution in [0, 0.1) is 5.82 Å². The minimum absolute atomic E-state index is 0.0190. The lowest BCUT2D eigenvalue weighted by atomic mass is 10.2. The molecular weight excluding hydrogens is 335 g/mol. The van der Waals surface area contributed by atoms with Crippen molar-refractivity contribution in [1.82, 2.24) is 5.06 Å². The van der Waals surface area contributed by atoms with Crippen LogP contribution in [0.1, 0.15) is 5.56 Å². The quantitative estimate of drug-likeness (QED) is 0.499. The third-order valence-electron chi connectivity index (χ3n) is 3.56. The van der Waals surface area contributed by atoms with Crippen molar-refractivity contribution in [3.8, 4) is 11.5 Å². The molecule has 6 heteroatoms. The van der Waals surface area contributed by atoms with E-state index in [1.54, 1.807) is 48.5 Å². The van der Waals surface area contributed by atoms with E-state index in [2.05, 4.69) is 5.32 Å². The number of rotatable bonds is 5. The van der Waals surface area contributed by atoms with Crippen LogP contribution in [-0.4, -0.2) is 16.3 Å². The van der Waals surface area contributed by atoms with Crippen molar-refractivity contribution in [3.63, 3.8) is 0 Å². The smallest absolute Gasteiger partial charge is 0.345 e. The van der Waals surface area contributed by atoms with Crippen molar-refractivity contribution < 1.29 is 19.1 Å². The van der Waals surface area contributed by atoms with E-state index >= 15 is 0 Å². The van der Waals surface area contributed by atoms with E-state index < -0.39 is 11.8 Å². The molecule has 3 aromatic carbocycles. The highest BCUT2D eigenvalue weighted by atomic mass is 19.1. The topological polar surface area (TPSA) is 61.8 Å². The van der Waals surface area contributed by atoms with Crippen LogP contribution in [-0.2, 0) is 6.54 Å². The number of carbonyl (C=O) groups is 1. The number of nitrogens with one attached hydrogen (secondary N) is 1. The van der Waals surface area contributed by atoms with Gasteiger partial charge < -0.3 is 10.1 Å². The number of amides is 2. The third kappa shape index (κ3) is 4.58. The number of hydrogen-bond acceptors (Lipinski definition) is 3. The normalized spacial score (nSPS) is 10.2. The summed E-state index contributed by atoms with van der Waals surface area (Å²) < 4.78 is 19.5. The van der Waals surface area contributed by atoms with Gasteiger partial charge in [-0.15, -0.1) is 0 Å². The number of carbonyl (C=O) groups excluding carboxylic acids is 1. The molecule has 0 bridgehead atoms. The van der Waals surface area contributed by atoms with Gasteiger partial charge in [-0.05, 0) is 42.0 Å². The monoisotopic (exact) mass is 352 g/mol. The molecule has 5 nitrogen and oxygen atoms in total. The van der Waals surface area contributed by atoms with Crippen LogP contribution in [0.2, 0.25) is 0 Å². The van der Waals surface area contributed by atoms with E-state index in [0.717, 1.165) is 0 Å². The van der Waals surface area contributed by atoms with Gasteiger partial charge >= 0.3 is 6.03 Å². The molecule has 0 aliphatic rings. The van der Waals surface area contributed by atoms with Crippen LogP contribution >= 0.6 is 0 Å². The number of urea groups is 1. The molecular formula is C20H17FN2O3. The molecule has 0 aliphatic carbocycles. The summed E-state index contributed by atoms with van der Waals surface area (Å²) in [6, 6.07) is 21.0. The molecule has 0 unspecified atom stereocenters. The molecule has 3 rings (SSSR count). The average molecular weight is 352 g/mol. The lowest BCUT2D eigenvalue weighted by Crippen LogP contribution is -2.31. The maximum atomic E-state index is 14.0. The van der Waals surface area contributed by atoms with Crippen molar-refractivity contribution in [2.75, 3.05) is 5.32 Å². The van der Waals surface area contributed by atoms with Gasteiger partial charge in [-0.25, -0.2) is 14.2 Å². The lowest BCUT2D eigenvalue weighted by molar-refractivity contribution is -0.0450. The molecule has 3 aromatic rings. The number of para-hydroxylation sites is 2. The predicted molar refractivity (Wildman–Crippen MR) is 95.7 cm³/mol. The molecule has 2 N–H and O–H groups in total. The van der Waals surface area contributed by atoms with Gasteiger partial charge in [-0.3, -0.25) is 5.21 Å². The van der Waals surface area contributed by atoms with Gasteiger partial charge in [0.2, 0.25) is 0 Å². The molecule has 26 heavy (non-hydrogen) atoms. The molecule has 2 amide bonds. The molecule has 0 spiro atoms. The van der Waals surface area contributed by atoms with Crippen LogP contribution in [0.4, 0.5) is 14.9 Å².